The molecule has 1 aromatic heterocycles. The fraction of sp³-hybridized carbons (Fsp3) is 0.700. The van der Waals surface area contributed by atoms with Crippen LogP contribution in [0.5, 0.6) is 0 Å². The lowest BCUT2D eigenvalue weighted by Crippen LogP contribution is -2.65. The minimum atomic E-state index is -0.245. The van der Waals surface area contributed by atoms with E-state index in [9.17, 15) is 9.59 Å². The molecule has 0 aliphatic heterocycles. The van der Waals surface area contributed by atoms with Crippen LogP contribution in [-0.2, 0) is 15.3 Å². The average molecular weight is 393 g/mol. The van der Waals surface area contributed by atoms with Crippen molar-refractivity contribution in [3.63, 3.8) is 0 Å². The van der Waals surface area contributed by atoms with Gasteiger partial charge >= 0.3 is 0 Å². The molecule has 0 spiro atoms. The molecule has 5 rings (SSSR count). The molecule has 4 saturated carbocycles. The maximum atomic E-state index is 13.1. The minimum Gasteiger partial charge on any atom is -0.355 e. The van der Waals surface area contributed by atoms with E-state index in [0.717, 1.165) is 50.2 Å². The summed E-state index contributed by atoms with van der Waals surface area (Å²) in [6, 6.07) is 4.24. The first-order chi connectivity index (χ1) is 12.5. The second kappa shape index (κ2) is 7.19. The molecule has 0 radical (unpaired) electrons. The van der Waals surface area contributed by atoms with Crippen LogP contribution in [0.15, 0.2) is 17.5 Å². The van der Waals surface area contributed by atoms with Gasteiger partial charge in [-0.1, -0.05) is 6.07 Å². The molecule has 4 nitrogen and oxygen atoms in total. The molecule has 2 N–H and O–H groups in total. The highest BCUT2D eigenvalue weighted by Crippen LogP contribution is 2.61. The third-order valence-corrected chi connectivity index (χ3v) is 8.41. The van der Waals surface area contributed by atoms with E-state index in [2.05, 4.69) is 28.1 Å². The van der Waals surface area contributed by atoms with E-state index in [1.54, 1.807) is 18.3 Å². The first kappa shape index (κ1) is 18.4. The molecule has 1 aromatic rings. The van der Waals surface area contributed by atoms with Crippen LogP contribution in [0.3, 0.4) is 0 Å². The van der Waals surface area contributed by atoms with Crippen molar-refractivity contribution in [2.75, 3.05) is 12.3 Å². The third kappa shape index (κ3) is 3.68. The fourth-order valence-electron chi connectivity index (χ4n) is 6.04. The molecule has 6 heteroatoms. The van der Waals surface area contributed by atoms with Crippen LogP contribution in [0.2, 0.25) is 0 Å². The number of hydrogen-bond acceptors (Lipinski definition) is 4. The van der Waals surface area contributed by atoms with Crippen LogP contribution in [0.25, 0.3) is 0 Å². The summed E-state index contributed by atoms with van der Waals surface area (Å²) in [5.74, 6) is 3.45. The zero-order valence-corrected chi connectivity index (χ0v) is 17.0. The Kier molecular flexibility index (Phi) is 5.08. The van der Waals surface area contributed by atoms with E-state index in [0.29, 0.717) is 11.8 Å². The summed E-state index contributed by atoms with van der Waals surface area (Å²) in [5.41, 5.74) is -0.369. The number of nitrogens with one attached hydrogen (secondary N) is 2. The Hall–Kier alpha value is -1.01. The van der Waals surface area contributed by atoms with Crippen LogP contribution in [0, 0.1) is 17.3 Å². The summed E-state index contributed by atoms with van der Waals surface area (Å²) in [4.78, 5) is 26.2. The van der Waals surface area contributed by atoms with E-state index < -0.39 is 0 Å². The van der Waals surface area contributed by atoms with Gasteiger partial charge in [0, 0.05) is 35.4 Å². The smallest absolute Gasteiger partial charge is 0.226 e. The number of carbonyl (C=O) groups is 2. The zero-order chi connectivity index (χ0) is 18.2. The minimum absolute atomic E-state index is 0.0486. The summed E-state index contributed by atoms with van der Waals surface area (Å²) in [5, 5.41) is 8.57. The topological polar surface area (TPSA) is 58.2 Å². The Balaban J connectivity index is 1.32. The maximum absolute atomic E-state index is 13.1. The molecule has 4 bridgehead atoms. The van der Waals surface area contributed by atoms with Crippen LogP contribution in [-0.4, -0.2) is 29.7 Å². The molecule has 2 atom stereocenters. The van der Waals surface area contributed by atoms with Gasteiger partial charge in [0.05, 0.1) is 5.41 Å². The number of hydrogen-bond donors (Lipinski definition) is 2. The molecule has 26 heavy (non-hydrogen) atoms. The van der Waals surface area contributed by atoms with Gasteiger partial charge < -0.3 is 10.6 Å². The molecule has 4 fully saturated rings. The van der Waals surface area contributed by atoms with Gasteiger partial charge in [0.25, 0.3) is 0 Å². The molecule has 0 aromatic carbocycles. The van der Waals surface area contributed by atoms with Gasteiger partial charge in [-0.25, -0.2) is 0 Å². The monoisotopic (exact) mass is 392 g/mol. The Morgan fingerprint density at radius 3 is 2.69 bits per heavy atom. The van der Waals surface area contributed by atoms with Crippen molar-refractivity contribution in [3.05, 3.63) is 22.4 Å². The largest absolute Gasteiger partial charge is 0.355 e. The first-order valence-electron chi connectivity index (χ1n) is 9.66. The van der Waals surface area contributed by atoms with Gasteiger partial charge in [-0.3, -0.25) is 9.59 Å². The number of thiophene rings is 1. The molecule has 2 amide bonds. The van der Waals surface area contributed by atoms with Crippen LogP contribution in [0.1, 0.15) is 50.3 Å². The quantitative estimate of drug-likeness (QED) is 0.698. The van der Waals surface area contributed by atoms with Crippen molar-refractivity contribution in [1.82, 2.24) is 10.6 Å². The highest BCUT2D eigenvalue weighted by molar-refractivity contribution is 7.98. The lowest BCUT2D eigenvalue weighted by atomic mass is 9.46. The van der Waals surface area contributed by atoms with Gasteiger partial charge in [0.2, 0.25) is 11.8 Å². The molecule has 4 aliphatic carbocycles. The Morgan fingerprint density at radius 1 is 1.27 bits per heavy atom. The first-order valence-corrected chi connectivity index (χ1v) is 11.7. The lowest BCUT2D eigenvalue weighted by molar-refractivity contribution is -0.152. The number of thioether (sulfide) groups is 1. The fourth-order valence-corrected chi connectivity index (χ4v) is 7.74. The normalized spacial score (nSPS) is 34.7. The highest BCUT2D eigenvalue weighted by Gasteiger charge is 2.60. The van der Waals surface area contributed by atoms with Gasteiger partial charge in [-0.2, -0.15) is 11.8 Å². The third-order valence-electron chi connectivity index (χ3n) is 6.34. The Labute approximate surface area is 163 Å². The second-order valence-electron chi connectivity index (χ2n) is 8.59. The summed E-state index contributed by atoms with van der Waals surface area (Å²) in [7, 11) is 0. The van der Waals surface area contributed by atoms with E-state index in [-0.39, 0.29) is 22.8 Å². The summed E-state index contributed by atoms with van der Waals surface area (Å²) in [6.07, 6.45) is 6.23. The van der Waals surface area contributed by atoms with Crippen molar-refractivity contribution < 1.29 is 9.59 Å². The number of carbonyl (C=O) groups excluding carboxylic acids is 2. The van der Waals surface area contributed by atoms with Crippen molar-refractivity contribution in [1.29, 1.82) is 0 Å². The maximum Gasteiger partial charge on any atom is 0.226 e. The van der Waals surface area contributed by atoms with E-state index >= 15 is 0 Å². The number of amides is 2. The van der Waals surface area contributed by atoms with E-state index in [4.69, 9.17) is 0 Å². The predicted molar refractivity (Wildman–Crippen MR) is 107 cm³/mol. The van der Waals surface area contributed by atoms with Crippen LogP contribution in [0.4, 0.5) is 0 Å². The molecule has 0 saturated heterocycles. The van der Waals surface area contributed by atoms with Gasteiger partial charge in [-0.05, 0) is 61.8 Å². The number of rotatable bonds is 7. The molecular formula is C20H28N2O2S2. The molecule has 2 unspecified atom stereocenters. The zero-order valence-electron chi connectivity index (χ0n) is 15.4. The molecule has 1 heterocycles. The van der Waals surface area contributed by atoms with E-state index in [1.165, 1.54) is 11.3 Å². The molecule has 142 valence electrons. The van der Waals surface area contributed by atoms with Gasteiger partial charge in [-0.15, -0.1) is 11.3 Å². The SMILES string of the molecule is CC(=O)NC12CC3CC(C1)CC(C(=O)NCCSCc1cccs1)(C3)C2. The van der Waals surface area contributed by atoms with Gasteiger partial charge in [0.1, 0.15) is 0 Å². The van der Waals surface area contributed by atoms with Crippen molar-refractivity contribution in [2.45, 2.75) is 56.7 Å². The Morgan fingerprint density at radius 2 is 2.04 bits per heavy atom. The van der Waals surface area contributed by atoms with Crippen LogP contribution >= 0.6 is 23.1 Å². The molecule has 4 aliphatic rings. The standard InChI is InChI=1S/C20H28N2O2S2/c1-14(23)22-20-10-15-7-16(11-20)9-19(8-15,13-20)18(24)21-4-6-25-12-17-3-2-5-26-17/h2-3,5,15-16H,4,6-13H2,1H3,(H,21,24)(H,22,23). The average Bonchev–Trinajstić information content (AvgIpc) is 3.05. The summed E-state index contributed by atoms with van der Waals surface area (Å²) >= 11 is 3.66. The lowest BCUT2D eigenvalue weighted by Gasteiger charge is -2.61. The van der Waals surface area contributed by atoms with E-state index in [1.807, 2.05) is 11.8 Å². The van der Waals surface area contributed by atoms with Crippen molar-refractivity contribution in [2.24, 2.45) is 17.3 Å². The van der Waals surface area contributed by atoms with Crippen molar-refractivity contribution >= 4 is 34.9 Å². The highest BCUT2D eigenvalue weighted by atomic mass is 32.2. The van der Waals surface area contributed by atoms with Crippen LogP contribution < -0.4 is 10.6 Å². The van der Waals surface area contributed by atoms with Gasteiger partial charge in [0.15, 0.2) is 0 Å². The molecular weight excluding hydrogens is 364 g/mol. The Bertz CT molecular complexity index is 659. The van der Waals surface area contributed by atoms with Crippen molar-refractivity contribution in [3.8, 4) is 0 Å². The summed E-state index contributed by atoms with van der Waals surface area (Å²) in [6.45, 7) is 2.34. The summed E-state index contributed by atoms with van der Waals surface area (Å²) < 4.78 is 0. The predicted octanol–water partition coefficient (Wildman–Crippen LogP) is 3.57. The second-order valence-corrected chi connectivity index (χ2v) is 10.7.